The first-order valence-electron chi connectivity index (χ1n) is 6.11. The van der Waals surface area contributed by atoms with Crippen molar-refractivity contribution in [1.29, 1.82) is 0 Å². The number of para-hydroxylation sites is 1. The monoisotopic (exact) mass is 258 g/mol. The SMILES string of the molecule is CN(CCC(F)(F)F)c1cccc2c1NCCC2. The van der Waals surface area contributed by atoms with Gasteiger partial charge in [-0.3, -0.25) is 0 Å². The van der Waals surface area contributed by atoms with Crippen molar-refractivity contribution >= 4 is 11.4 Å². The predicted octanol–water partition coefficient (Wildman–Crippen LogP) is 3.43. The molecule has 18 heavy (non-hydrogen) atoms. The van der Waals surface area contributed by atoms with E-state index in [0.29, 0.717) is 0 Å². The van der Waals surface area contributed by atoms with Gasteiger partial charge in [-0.1, -0.05) is 12.1 Å². The summed E-state index contributed by atoms with van der Waals surface area (Å²) in [6.45, 7) is 0.874. The molecule has 1 heterocycles. The van der Waals surface area contributed by atoms with E-state index in [1.807, 2.05) is 18.2 Å². The van der Waals surface area contributed by atoms with Crippen LogP contribution >= 0.6 is 0 Å². The molecule has 1 aliphatic rings. The molecule has 0 aromatic heterocycles. The van der Waals surface area contributed by atoms with Gasteiger partial charge in [0.15, 0.2) is 0 Å². The summed E-state index contributed by atoms with van der Waals surface area (Å²) in [5.41, 5.74) is 3.04. The second kappa shape index (κ2) is 5.08. The number of nitrogens with zero attached hydrogens (tertiary/aromatic N) is 1. The summed E-state index contributed by atoms with van der Waals surface area (Å²) < 4.78 is 36.7. The lowest BCUT2D eigenvalue weighted by Gasteiger charge is -2.27. The number of benzene rings is 1. The van der Waals surface area contributed by atoms with Crippen molar-refractivity contribution in [3.63, 3.8) is 0 Å². The second-order valence-corrected chi connectivity index (χ2v) is 4.63. The van der Waals surface area contributed by atoms with Crippen LogP contribution < -0.4 is 10.2 Å². The molecular formula is C13H17F3N2. The highest BCUT2D eigenvalue weighted by molar-refractivity contribution is 5.74. The minimum atomic E-state index is -4.10. The summed E-state index contributed by atoms with van der Waals surface area (Å²) in [4.78, 5) is 1.67. The summed E-state index contributed by atoms with van der Waals surface area (Å²) >= 11 is 0. The number of alkyl halides is 3. The largest absolute Gasteiger partial charge is 0.390 e. The maximum atomic E-state index is 12.2. The first-order valence-corrected chi connectivity index (χ1v) is 6.11. The Kier molecular flexibility index (Phi) is 3.68. The van der Waals surface area contributed by atoms with Crippen LogP contribution in [0.25, 0.3) is 0 Å². The molecular weight excluding hydrogens is 241 g/mol. The molecule has 0 unspecified atom stereocenters. The Morgan fingerprint density at radius 1 is 1.33 bits per heavy atom. The first kappa shape index (κ1) is 13.1. The van der Waals surface area contributed by atoms with Crippen molar-refractivity contribution in [1.82, 2.24) is 0 Å². The molecule has 2 nitrogen and oxygen atoms in total. The van der Waals surface area contributed by atoms with Crippen molar-refractivity contribution < 1.29 is 13.2 Å². The van der Waals surface area contributed by atoms with Gasteiger partial charge < -0.3 is 10.2 Å². The Labute approximate surface area is 105 Å². The zero-order valence-corrected chi connectivity index (χ0v) is 10.3. The predicted molar refractivity (Wildman–Crippen MR) is 67.2 cm³/mol. The van der Waals surface area contributed by atoms with Gasteiger partial charge in [0.1, 0.15) is 0 Å². The van der Waals surface area contributed by atoms with Crippen LogP contribution in [0.2, 0.25) is 0 Å². The summed E-state index contributed by atoms with van der Waals surface area (Å²) in [7, 11) is 1.71. The number of hydrogen-bond acceptors (Lipinski definition) is 2. The topological polar surface area (TPSA) is 15.3 Å². The molecule has 0 saturated heterocycles. The summed E-state index contributed by atoms with van der Waals surface area (Å²) in [6, 6.07) is 5.81. The van der Waals surface area contributed by atoms with Crippen molar-refractivity contribution in [2.45, 2.75) is 25.4 Å². The lowest BCUT2D eigenvalue weighted by molar-refractivity contribution is -0.132. The van der Waals surface area contributed by atoms with Crippen molar-refractivity contribution in [2.75, 3.05) is 30.4 Å². The fourth-order valence-electron chi connectivity index (χ4n) is 2.22. The number of nitrogens with one attached hydrogen (secondary N) is 1. The van der Waals surface area contributed by atoms with E-state index in [9.17, 15) is 13.2 Å². The van der Waals surface area contributed by atoms with Gasteiger partial charge in [-0.05, 0) is 24.5 Å². The second-order valence-electron chi connectivity index (χ2n) is 4.63. The Morgan fingerprint density at radius 2 is 2.11 bits per heavy atom. The van der Waals surface area contributed by atoms with Crippen LogP contribution in [0.1, 0.15) is 18.4 Å². The molecule has 0 saturated carbocycles. The van der Waals surface area contributed by atoms with E-state index in [2.05, 4.69) is 5.32 Å². The third-order valence-corrected chi connectivity index (χ3v) is 3.20. The van der Waals surface area contributed by atoms with Gasteiger partial charge in [0, 0.05) is 20.1 Å². The molecule has 0 aliphatic carbocycles. The van der Waals surface area contributed by atoms with Crippen LogP contribution in [0.5, 0.6) is 0 Å². The molecule has 0 fully saturated rings. The molecule has 1 aromatic rings. The molecule has 1 aliphatic heterocycles. The number of anilines is 2. The number of halogens is 3. The van der Waals surface area contributed by atoms with E-state index in [0.717, 1.165) is 30.8 Å². The van der Waals surface area contributed by atoms with Crippen molar-refractivity contribution in [3.8, 4) is 0 Å². The van der Waals surface area contributed by atoms with E-state index in [4.69, 9.17) is 0 Å². The fraction of sp³-hybridized carbons (Fsp3) is 0.538. The van der Waals surface area contributed by atoms with Crippen LogP contribution in [0, 0.1) is 0 Å². The third-order valence-electron chi connectivity index (χ3n) is 3.20. The summed E-state index contributed by atoms with van der Waals surface area (Å²) in [6.07, 6.45) is -2.82. The van der Waals surface area contributed by atoms with Gasteiger partial charge in [0.25, 0.3) is 0 Å². The van der Waals surface area contributed by atoms with Gasteiger partial charge in [-0.15, -0.1) is 0 Å². The average molecular weight is 258 g/mol. The standard InChI is InChI=1S/C13H17F3N2/c1-18(9-7-13(14,15)16)11-6-2-4-10-5-3-8-17-12(10)11/h2,4,6,17H,3,5,7-9H2,1H3. The van der Waals surface area contributed by atoms with Crippen LogP contribution in [0.3, 0.4) is 0 Å². The molecule has 1 N–H and O–H groups in total. The zero-order valence-electron chi connectivity index (χ0n) is 10.3. The molecule has 100 valence electrons. The minimum Gasteiger partial charge on any atom is -0.383 e. The Hall–Kier alpha value is -1.39. The Bertz CT molecular complexity index is 415. The van der Waals surface area contributed by atoms with E-state index in [1.54, 1.807) is 11.9 Å². The molecule has 2 rings (SSSR count). The Morgan fingerprint density at radius 3 is 2.83 bits per heavy atom. The number of rotatable bonds is 3. The van der Waals surface area contributed by atoms with Crippen LogP contribution in [-0.2, 0) is 6.42 Å². The van der Waals surface area contributed by atoms with Gasteiger partial charge in [0.2, 0.25) is 0 Å². The molecule has 0 bridgehead atoms. The number of fused-ring (bicyclic) bond motifs is 1. The van der Waals surface area contributed by atoms with Crippen molar-refractivity contribution in [3.05, 3.63) is 23.8 Å². The zero-order chi connectivity index (χ0) is 13.2. The smallest absolute Gasteiger partial charge is 0.383 e. The van der Waals surface area contributed by atoms with E-state index < -0.39 is 12.6 Å². The van der Waals surface area contributed by atoms with Crippen LogP contribution in [0.4, 0.5) is 24.5 Å². The lowest BCUT2D eigenvalue weighted by Crippen LogP contribution is -2.26. The minimum absolute atomic E-state index is 0.0123. The molecule has 1 aromatic carbocycles. The van der Waals surface area contributed by atoms with E-state index in [-0.39, 0.29) is 6.54 Å². The fourth-order valence-corrected chi connectivity index (χ4v) is 2.22. The highest BCUT2D eigenvalue weighted by Gasteiger charge is 2.27. The maximum absolute atomic E-state index is 12.2. The highest BCUT2D eigenvalue weighted by atomic mass is 19.4. The molecule has 0 amide bonds. The molecule has 0 spiro atoms. The quantitative estimate of drug-likeness (QED) is 0.893. The summed E-state index contributed by atoms with van der Waals surface area (Å²) in [5.74, 6) is 0. The van der Waals surface area contributed by atoms with Crippen LogP contribution in [0.15, 0.2) is 18.2 Å². The van der Waals surface area contributed by atoms with Gasteiger partial charge in [-0.2, -0.15) is 13.2 Å². The molecule has 0 atom stereocenters. The number of aryl methyl sites for hydroxylation is 1. The Balaban J connectivity index is 2.12. The maximum Gasteiger partial charge on any atom is 0.390 e. The molecule has 0 radical (unpaired) electrons. The van der Waals surface area contributed by atoms with Crippen LogP contribution in [-0.4, -0.2) is 26.3 Å². The highest BCUT2D eigenvalue weighted by Crippen LogP contribution is 2.33. The normalized spacial score (nSPS) is 14.9. The summed E-state index contributed by atoms with van der Waals surface area (Å²) in [5, 5.41) is 3.29. The van der Waals surface area contributed by atoms with Gasteiger partial charge in [0.05, 0.1) is 17.8 Å². The lowest BCUT2D eigenvalue weighted by atomic mass is 10.0. The van der Waals surface area contributed by atoms with Gasteiger partial charge in [-0.25, -0.2) is 0 Å². The van der Waals surface area contributed by atoms with E-state index in [1.165, 1.54) is 5.56 Å². The van der Waals surface area contributed by atoms with Crippen molar-refractivity contribution in [2.24, 2.45) is 0 Å². The number of hydrogen-bond donors (Lipinski definition) is 1. The van der Waals surface area contributed by atoms with Gasteiger partial charge >= 0.3 is 6.18 Å². The third kappa shape index (κ3) is 3.09. The first-order chi connectivity index (χ1) is 8.47. The average Bonchev–Trinajstić information content (AvgIpc) is 2.34. The molecule has 5 heteroatoms. The van der Waals surface area contributed by atoms with E-state index >= 15 is 0 Å².